The summed E-state index contributed by atoms with van der Waals surface area (Å²) in [5, 5.41) is 3.84. The second kappa shape index (κ2) is 4.77. The van der Waals surface area contributed by atoms with Crippen LogP contribution in [0.4, 0.5) is 5.69 Å². The first-order valence-corrected chi connectivity index (χ1v) is 7.83. The van der Waals surface area contributed by atoms with Crippen molar-refractivity contribution in [3.05, 3.63) is 76.9 Å². The van der Waals surface area contributed by atoms with E-state index in [1.165, 1.54) is 34.4 Å². The summed E-state index contributed by atoms with van der Waals surface area (Å²) in [6.07, 6.45) is 5.95. The van der Waals surface area contributed by atoms with E-state index < -0.39 is 0 Å². The molecule has 4 rings (SSSR count). The summed E-state index contributed by atoms with van der Waals surface area (Å²) < 4.78 is 0. The van der Waals surface area contributed by atoms with Crippen LogP contribution in [0.3, 0.4) is 0 Å². The Hall–Kier alpha value is -2.02. The average Bonchev–Trinajstić information content (AvgIpc) is 2.97. The Morgan fingerprint density at radius 3 is 2.67 bits per heavy atom. The molecule has 0 spiro atoms. The van der Waals surface area contributed by atoms with E-state index in [9.17, 15) is 0 Å². The molecule has 0 unspecified atom stereocenters. The van der Waals surface area contributed by atoms with Gasteiger partial charge in [-0.25, -0.2) is 0 Å². The maximum Gasteiger partial charge on any atom is 0.0554 e. The summed E-state index contributed by atoms with van der Waals surface area (Å²) >= 11 is 0. The molecule has 1 aliphatic carbocycles. The number of nitrogens with one attached hydrogen (secondary N) is 1. The molecule has 2 aromatic rings. The molecule has 0 saturated carbocycles. The van der Waals surface area contributed by atoms with Crippen molar-refractivity contribution in [2.24, 2.45) is 5.92 Å². The molecule has 2 aliphatic rings. The number of hydrogen-bond donors (Lipinski definition) is 1. The Bertz CT molecular complexity index is 699. The van der Waals surface area contributed by atoms with E-state index in [1.807, 2.05) is 0 Å². The Balaban J connectivity index is 1.84. The second-order valence-electron chi connectivity index (χ2n) is 6.43. The Morgan fingerprint density at radius 2 is 1.86 bits per heavy atom. The van der Waals surface area contributed by atoms with Crippen molar-refractivity contribution in [3.63, 3.8) is 0 Å². The third-order valence-electron chi connectivity index (χ3n) is 4.97. The van der Waals surface area contributed by atoms with Gasteiger partial charge in [-0.05, 0) is 42.9 Å². The molecule has 2 aromatic carbocycles. The fraction of sp³-hybridized carbons (Fsp3) is 0.300. The average molecular weight is 275 g/mol. The van der Waals surface area contributed by atoms with Gasteiger partial charge in [0.25, 0.3) is 0 Å². The first-order chi connectivity index (χ1) is 10.2. The van der Waals surface area contributed by atoms with Gasteiger partial charge < -0.3 is 5.32 Å². The highest BCUT2D eigenvalue weighted by atomic mass is 15.0. The second-order valence-corrected chi connectivity index (χ2v) is 6.43. The molecule has 21 heavy (non-hydrogen) atoms. The van der Waals surface area contributed by atoms with Gasteiger partial charge in [0.1, 0.15) is 0 Å². The molecule has 0 bridgehead atoms. The van der Waals surface area contributed by atoms with Crippen LogP contribution in [-0.2, 0) is 0 Å². The van der Waals surface area contributed by atoms with Gasteiger partial charge >= 0.3 is 0 Å². The predicted octanol–water partition coefficient (Wildman–Crippen LogP) is 5.13. The third kappa shape index (κ3) is 1.99. The molecular formula is C20H21N. The van der Waals surface area contributed by atoms with Crippen molar-refractivity contribution in [1.82, 2.24) is 0 Å². The van der Waals surface area contributed by atoms with Crippen LogP contribution in [0.2, 0.25) is 0 Å². The number of aryl methyl sites for hydroxylation is 2. The fourth-order valence-electron chi connectivity index (χ4n) is 4.06. The molecule has 0 amide bonds. The highest BCUT2D eigenvalue weighted by Crippen LogP contribution is 2.50. The van der Waals surface area contributed by atoms with Gasteiger partial charge in [0.2, 0.25) is 0 Å². The van der Waals surface area contributed by atoms with Crippen LogP contribution >= 0.6 is 0 Å². The van der Waals surface area contributed by atoms with E-state index in [0.717, 1.165) is 0 Å². The fourth-order valence-corrected chi connectivity index (χ4v) is 4.06. The summed E-state index contributed by atoms with van der Waals surface area (Å²) in [6, 6.07) is 16.0. The molecule has 0 aromatic heterocycles. The molecule has 106 valence electrons. The Morgan fingerprint density at radius 1 is 1.05 bits per heavy atom. The van der Waals surface area contributed by atoms with E-state index in [0.29, 0.717) is 17.9 Å². The zero-order chi connectivity index (χ0) is 14.4. The highest BCUT2D eigenvalue weighted by molar-refractivity contribution is 5.65. The van der Waals surface area contributed by atoms with Crippen LogP contribution in [0.1, 0.15) is 40.6 Å². The minimum absolute atomic E-state index is 0.417. The summed E-state index contributed by atoms with van der Waals surface area (Å²) in [5.74, 6) is 1.20. The SMILES string of the molecule is Cc1cc(C)c2c(c1)[C@@H]1C=CC[C@H]1[C@@H](c1ccccc1)N2. The van der Waals surface area contributed by atoms with Gasteiger partial charge in [-0.15, -0.1) is 0 Å². The van der Waals surface area contributed by atoms with Crippen molar-refractivity contribution < 1.29 is 0 Å². The van der Waals surface area contributed by atoms with Gasteiger partial charge in [-0.3, -0.25) is 0 Å². The van der Waals surface area contributed by atoms with Gasteiger partial charge in [0.05, 0.1) is 6.04 Å². The van der Waals surface area contributed by atoms with E-state index in [-0.39, 0.29) is 0 Å². The van der Waals surface area contributed by atoms with Gasteiger partial charge in [-0.2, -0.15) is 0 Å². The highest BCUT2D eigenvalue weighted by Gasteiger charge is 2.38. The van der Waals surface area contributed by atoms with Crippen molar-refractivity contribution >= 4 is 5.69 Å². The lowest BCUT2D eigenvalue weighted by atomic mass is 9.76. The zero-order valence-electron chi connectivity index (χ0n) is 12.6. The maximum absolute atomic E-state index is 3.84. The maximum atomic E-state index is 3.84. The number of rotatable bonds is 1. The number of allylic oxidation sites excluding steroid dienone is 2. The van der Waals surface area contributed by atoms with E-state index in [1.54, 1.807) is 0 Å². The van der Waals surface area contributed by atoms with E-state index in [4.69, 9.17) is 0 Å². The van der Waals surface area contributed by atoms with Gasteiger partial charge in [0, 0.05) is 11.6 Å². The molecule has 1 N–H and O–H groups in total. The topological polar surface area (TPSA) is 12.0 Å². The smallest absolute Gasteiger partial charge is 0.0554 e. The van der Waals surface area contributed by atoms with Crippen molar-refractivity contribution in [1.29, 1.82) is 0 Å². The Labute approximate surface area is 126 Å². The largest absolute Gasteiger partial charge is 0.377 e. The molecule has 3 atom stereocenters. The van der Waals surface area contributed by atoms with Gasteiger partial charge in [-0.1, -0.05) is 60.2 Å². The molecule has 1 heteroatoms. The molecule has 0 saturated heterocycles. The van der Waals surface area contributed by atoms with Crippen LogP contribution in [0.5, 0.6) is 0 Å². The van der Waals surface area contributed by atoms with Crippen LogP contribution in [-0.4, -0.2) is 0 Å². The predicted molar refractivity (Wildman–Crippen MR) is 88.7 cm³/mol. The summed E-state index contributed by atoms with van der Waals surface area (Å²) in [7, 11) is 0. The van der Waals surface area contributed by atoms with Crippen LogP contribution < -0.4 is 5.32 Å². The molecule has 1 aliphatic heterocycles. The minimum atomic E-state index is 0.417. The molecule has 0 radical (unpaired) electrons. The van der Waals surface area contributed by atoms with Crippen molar-refractivity contribution in [2.45, 2.75) is 32.2 Å². The molecule has 1 nitrogen and oxygen atoms in total. The number of hydrogen-bond acceptors (Lipinski definition) is 1. The quantitative estimate of drug-likeness (QED) is 0.711. The van der Waals surface area contributed by atoms with E-state index in [2.05, 4.69) is 73.8 Å². The first-order valence-electron chi connectivity index (χ1n) is 7.83. The molecular weight excluding hydrogens is 254 g/mol. The lowest BCUT2D eigenvalue weighted by Crippen LogP contribution is -2.29. The van der Waals surface area contributed by atoms with Crippen molar-refractivity contribution in [2.75, 3.05) is 5.32 Å². The zero-order valence-corrected chi connectivity index (χ0v) is 12.6. The van der Waals surface area contributed by atoms with Crippen LogP contribution in [0.15, 0.2) is 54.6 Å². The summed E-state index contributed by atoms with van der Waals surface area (Å²) in [5.41, 5.74) is 6.97. The van der Waals surface area contributed by atoms with Crippen LogP contribution in [0.25, 0.3) is 0 Å². The summed E-state index contributed by atoms with van der Waals surface area (Å²) in [4.78, 5) is 0. The third-order valence-corrected chi connectivity index (χ3v) is 4.97. The van der Waals surface area contributed by atoms with Crippen LogP contribution in [0, 0.1) is 19.8 Å². The normalized spacial score (nSPS) is 26.1. The lowest BCUT2D eigenvalue weighted by Gasteiger charge is -2.38. The number of fused-ring (bicyclic) bond motifs is 3. The molecule has 1 heterocycles. The monoisotopic (exact) mass is 275 g/mol. The van der Waals surface area contributed by atoms with Gasteiger partial charge in [0.15, 0.2) is 0 Å². The van der Waals surface area contributed by atoms with E-state index >= 15 is 0 Å². The first kappa shape index (κ1) is 12.7. The molecule has 0 fully saturated rings. The lowest BCUT2D eigenvalue weighted by molar-refractivity contribution is 0.425. The minimum Gasteiger partial charge on any atom is -0.377 e. The standard InChI is InChI=1S/C20H21N/c1-13-11-14(2)19-18(12-13)16-9-6-10-17(16)20(21-19)15-7-4-3-5-8-15/h3-9,11-12,16-17,20-21H,10H2,1-2H3/t16-,17-,20-/m1/s1. The summed E-state index contributed by atoms with van der Waals surface area (Å²) in [6.45, 7) is 4.42. The number of benzene rings is 2. The number of anilines is 1. The van der Waals surface area contributed by atoms with Crippen molar-refractivity contribution in [3.8, 4) is 0 Å². The Kier molecular flexibility index (Phi) is 2.88.